The molecule has 2 aromatic carbocycles. The summed E-state index contributed by atoms with van der Waals surface area (Å²) in [5.74, 6) is 0.762. The minimum atomic E-state index is 0.00389. The van der Waals surface area contributed by atoms with Crippen LogP contribution in [-0.2, 0) is 19.6 Å². The van der Waals surface area contributed by atoms with Crippen LogP contribution in [-0.4, -0.2) is 47.2 Å². The van der Waals surface area contributed by atoms with Gasteiger partial charge in [-0.05, 0) is 41.8 Å². The minimum absolute atomic E-state index is 0.00389. The first-order chi connectivity index (χ1) is 15.0. The lowest BCUT2D eigenvalue weighted by Gasteiger charge is -2.13. The van der Waals surface area contributed by atoms with Gasteiger partial charge in [0.15, 0.2) is 5.96 Å². The highest BCUT2D eigenvalue weighted by Gasteiger charge is 2.07. The molecule has 7 nitrogen and oxygen atoms in total. The summed E-state index contributed by atoms with van der Waals surface area (Å²) >= 11 is 0. The molecule has 0 atom stereocenters. The molecule has 0 spiro atoms. The largest absolute Gasteiger partial charge is 0.357 e. The van der Waals surface area contributed by atoms with Crippen molar-refractivity contribution in [2.45, 2.75) is 26.6 Å². The molecule has 0 aliphatic carbocycles. The maximum atomic E-state index is 12.0. The zero-order valence-corrected chi connectivity index (χ0v) is 18.4. The first-order valence-corrected chi connectivity index (χ1v) is 10.4. The number of amides is 1. The molecule has 0 bridgehead atoms. The monoisotopic (exact) mass is 418 g/mol. The van der Waals surface area contributed by atoms with E-state index in [1.807, 2.05) is 48.1 Å². The zero-order chi connectivity index (χ0) is 22.1. The fourth-order valence-corrected chi connectivity index (χ4v) is 3.13. The van der Waals surface area contributed by atoms with Gasteiger partial charge in [0.05, 0.1) is 13.1 Å². The molecule has 1 aromatic heterocycles. The van der Waals surface area contributed by atoms with E-state index in [-0.39, 0.29) is 5.91 Å². The van der Waals surface area contributed by atoms with Crippen LogP contribution >= 0.6 is 0 Å². The molecule has 2 N–H and O–H groups in total. The number of hydrogen-bond donors (Lipinski definition) is 2. The van der Waals surface area contributed by atoms with Gasteiger partial charge in [-0.1, -0.05) is 36.4 Å². The number of hydrogen-bond acceptors (Lipinski definition) is 3. The van der Waals surface area contributed by atoms with Gasteiger partial charge in [0.25, 0.3) is 5.91 Å². The van der Waals surface area contributed by atoms with Crippen molar-refractivity contribution < 1.29 is 4.79 Å². The minimum Gasteiger partial charge on any atom is -0.357 e. The number of guanidine groups is 1. The number of benzene rings is 2. The number of aromatic nitrogens is 2. The summed E-state index contributed by atoms with van der Waals surface area (Å²) in [6.07, 6.45) is 3.75. The van der Waals surface area contributed by atoms with E-state index in [0.717, 1.165) is 30.2 Å². The Hall–Kier alpha value is -3.61. The third-order valence-corrected chi connectivity index (χ3v) is 4.73. The predicted molar refractivity (Wildman–Crippen MR) is 124 cm³/mol. The molecule has 1 amide bonds. The molecule has 3 aromatic rings. The van der Waals surface area contributed by atoms with Crippen LogP contribution in [0.1, 0.15) is 34.0 Å². The fourth-order valence-electron chi connectivity index (χ4n) is 3.13. The average molecular weight is 419 g/mol. The van der Waals surface area contributed by atoms with Crippen LogP contribution in [0.25, 0.3) is 0 Å². The second-order valence-corrected chi connectivity index (χ2v) is 7.47. The lowest BCUT2D eigenvalue weighted by atomic mass is 10.1. The Kier molecular flexibility index (Phi) is 7.81. The quantitative estimate of drug-likeness (QED) is 0.436. The van der Waals surface area contributed by atoms with Crippen molar-refractivity contribution in [1.29, 1.82) is 0 Å². The second-order valence-electron chi connectivity index (χ2n) is 7.47. The highest BCUT2D eigenvalue weighted by atomic mass is 16.2. The molecule has 0 radical (unpaired) electrons. The molecule has 162 valence electrons. The highest BCUT2D eigenvalue weighted by molar-refractivity contribution is 5.93. The molecular formula is C24H30N6O. The highest BCUT2D eigenvalue weighted by Crippen LogP contribution is 2.09. The third-order valence-electron chi connectivity index (χ3n) is 4.73. The lowest BCUT2D eigenvalue weighted by molar-refractivity contribution is 0.0827. The van der Waals surface area contributed by atoms with Gasteiger partial charge in [0, 0.05) is 45.1 Å². The van der Waals surface area contributed by atoms with Crippen molar-refractivity contribution in [3.63, 3.8) is 0 Å². The van der Waals surface area contributed by atoms with Crippen LogP contribution in [0.15, 0.2) is 72.0 Å². The van der Waals surface area contributed by atoms with Gasteiger partial charge in [-0.15, -0.1) is 0 Å². The Morgan fingerprint density at radius 1 is 1.03 bits per heavy atom. The number of nitrogens with zero attached hydrogens (tertiary/aromatic N) is 4. The normalized spacial score (nSPS) is 11.3. The summed E-state index contributed by atoms with van der Waals surface area (Å²) in [6.45, 7) is 4.78. The van der Waals surface area contributed by atoms with Gasteiger partial charge in [-0.3, -0.25) is 9.48 Å². The number of carbonyl (C=O) groups is 1. The fraction of sp³-hybridized carbons (Fsp3) is 0.292. The first-order valence-electron chi connectivity index (χ1n) is 10.4. The van der Waals surface area contributed by atoms with E-state index < -0.39 is 0 Å². The van der Waals surface area contributed by atoms with Crippen LogP contribution in [0.3, 0.4) is 0 Å². The van der Waals surface area contributed by atoms with Gasteiger partial charge in [-0.2, -0.15) is 5.10 Å². The van der Waals surface area contributed by atoms with Crippen molar-refractivity contribution in [3.05, 3.63) is 89.2 Å². The van der Waals surface area contributed by atoms with Crippen molar-refractivity contribution in [1.82, 2.24) is 25.3 Å². The van der Waals surface area contributed by atoms with Crippen molar-refractivity contribution in [2.75, 3.05) is 20.6 Å². The first kappa shape index (κ1) is 22.1. The second kappa shape index (κ2) is 11.0. The van der Waals surface area contributed by atoms with Crippen molar-refractivity contribution >= 4 is 11.9 Å². The SMILES string of the molecule is CCNC(=NCc1cccc(Cn2cccn2)c1)NCc1ccc(C(=O)N(C)C)cc1. The maximum absolute atomic E-state index is 12.0. The molecule has 0 saturated carbocycles. The summed E-state index contributed by atoms with van der Waals surface area (Å²) in [7, 11) is 3.51. The van der Waals surface area contributed by atoms with Crippen LogP contribution < -0.4 is 10.6 Å². The zero-order valence-electron chi connectivity index (χ0n) is 18.4. The van der Waals surface area contributed by atoms with Gasteiger partial charge in [-0.25, -0.2) is 4.99 Å². The molecule has 0 saturated heterocycles. The summed E-state index contributed by atoms with van der Waals surface area (Å²) in [5.41, 5.74) is 4.11. The molecular weight excluding hydrogens is 388 g/mol. The Balaban J connectivity index is 1.59. The third kappa shape index (κ3) is 6.70. The van der Waals surface area contributed by atoms with Crippen molar-refractivity contribution in [2.24, 2.45) is 4.99 Å². The molecule has 31 heavy (non-hydrogen) atoms. The summed E-state index contributed by atoms with van der Waals surface area (Å²) < 4.78 is 1.91. The van der Waals surface area contributed by atoms with Crippen LogP contribution in [0.5, 0.6) is 0 Å². The number of aliphatic imine (C=N–C) groups is 1. The molecule has 0 aliphatic rings. The summed E-state index contributed by atoms with van der Waals surface area (Å²) in [4.78, 5) is 18.3. The van der Waals surface area contributed by atoms with E-state index in [1.165, 1.54) is 5.56 Å². The molecule has 7 heteroatoms. The average Bonchev–Trinajstić information content (AvgIpc) is 3.29. The van der Waals surface area contributed by atoms with Crippen molar-refractivity contribution in [3.8, 4) is 0 Å². The molecule has 0 fully saturated rings. The number of rotatable bonds is 8. The standard InChI is InChI=1S/C24H30N6O/c1-4-25-24(26-16-19-9-11-22(12-10-19)23(31)29(2)3)27-17-20-7-5-8-21(15-20)18-30-14-6-13-28-30/h5-15H,4,16-18H2,1-3H3,(H2,25,26,27). The Morgan fingerprint density at radius 3 is 2.48 bits per heavy atom. The Labute approximate surface area is 183 Å². The molecule has 1 heterocycles. The smallest absolute Gasteiger partial charge is 0.253 e. The van der Waals surface area contributed by atoms with Gasteiger partial charge < -0.3 is 15.5 Å². The topological polar surface area (TPSA) is 74.5 Å². The van der Waals surface area contributed by atoms with E-state index in [4.69, 9.17) is 4.99 Å². The van der Waals surface area contributed by atoms with Crippen LogP contribution in [0.4, 0.5) is 0 Å². The Bertz CT molecular complexity index is 993. The van der Waals surface area contributed by atoms with E-state index in [1.54, 1.807) is 25.2 Å². The van der Waals surface area contributed by atoms with E-state index >= 15 is 0 Å². The van der Waals surface area contributed by atoms with Crippen LogP contribution in [0.2, 0.25) is 0 Å². The lowest BCUT2D eigenvalue weighted by Crippen LogP contribution is -2.36. The van der Waals surface area contributed by atoms with E-state index in [9.17, 15) is 4.79 Å². The maximum Gasteiger partial charge on any atom is 0.253 e. The molecule has 3 rings (SSSR count). The Morgan fingerprint density at radius 2 is 1.81 bits per heavy atom. The summed E-state index contributed by atoms with van der Waals surface area (Å²) in [6, 6.07) is 18.0. The number of nitrogens with one attached hydrogen (secondary N) is 2. The van der Waals surface area contributed by atoms with E-state index in [2.05, 4.69) is 40.0 Å². The summed E-state index contributed by atoms with van der Waals surface area (Å²) in [5, 5.41) is 10.9. The van der Waals surface area contributed by atoms with Gasteiger partial charge in [0.2, 0.25) is 0 Å². The van der Waals surface area contributed by atoms with E-state index in [0.29, 0.717) is 18.7 Å². The number of carbonyl (C=O) groups excluding carboxylic acids is 1. The van der Waals surface area contributed by atoms with Crippen LogP contribution in [0, 0.1) is 0 Å². The molecule has 0 unspecified atom stereocenters. The molecule has 0 aliphatic heterocycles. The van der Waals surface area contributed by atoms with Gasteiger partial charge >= 0.3 is 0 Å². The van der Waals surface area contributed by atoms with Gasteiger partial charge in [0.1, 0.15) is 0 Å². The predicted octanol–water partition coefficient (Wildman–Crippen LogP) is 2.89.